The van der Waals surface area contributed by atoms with Crippen molar-refractivity contribution >= 4 is 17.7 Å². The number of hydrogen-bond acceptors (Lipinski definition) is 4. The molecule has 0 saturated heterocycles. The van der Waals surface area contributed by atoms with Crippen molar-refractivity contribution in [3.63, 3.8) is 0 Å². The molecule has 0 unspecified atom stereocenters. The zero-order chi connectivity index (χ0) is 12.3. The second kappa shape index (κ2) is 5.05. The van der Waals surface area contributed by atoms with E-state index < -0.39 is 5.97 Å². The van der Waals surface area contributed by atoms with E-state index >= 15 is 0 Å². The van der Waals surface area contributed by atoms with Crippen molar-refractivity contribution in [3.8, 4) is 0 Å². The molecule has 0 spiro atoms. The lowest BCUT2D eigenvalue weighted by molar-refractivity contribution is 0.0589. The molecule has 0 amide bonds. The fourth-order valence-corrected chi connectivity index (χ4v) is 2.37. The average molecular weight is 248 g/mol. The molecule has 17 heavy (non-hydrogen) atoms. The topological polar surface area (TPSA) is 44.1 Å². The number of methoxy groups -OCH3 is 1. The van der Waals surface area contributed by atoms with Gasteiger partial charge in [-0.2, -0.15) is 5.10 Å². The molecule has 5 heteroatoms. The Labute approximate surface area is 104 Å². The van der Waals surface area contributed by atoms with E-state index in [0.29, 0.717) is 5.69 Å². The van der Waals surface area contributed by atoms with Crippen LogP contribution in [-0.4, -0.2) is 22.9 Å². The first-order valence-corrected chi connectivity index (χ1v) is 5.87. The number of carbonyl (C=O) groups excluding carboxylic acids is 1. The summed E-state index contributed by atoms with van der Waals surface area (Å²) in [5.41, 5.74) is 0.351. The maximum atomic E-state index is 11.5. The van der Waals surface area contributed by atoms with E-state index in [-0.39, 0.29) is 0 Å². The molecular weight excluding hydrogens is 236 g/mol. The summed E-state index contributed by atoms with van der Waals surface area (Å²) < 4.78 is 6.31. The first-order chi connectivity index (χ1) is 8.20. The highest BCUT2D eigenvalue weighted by molar-refractivity contribution is 7.99. The lowest BCUT2D eigenvalue weighted by Gasteiger charge is -2.00. The Bertz CT molecular complexity index is 523. The van der Waals surface area contributed by atoms with Gasteiger partial charge >= 0.3 is 5.97 Å². The lowest BCUT2D eigenvalue weighted by atomic mass is 10.4. The van der Waals surface area contributed by atoms with E-state index in [0.717, 1.165) is 9.79 Å². The molecule has 4 nitrogen and oxygen atoms in total. The monoisotopic (exact) mass is 248 g/mol. The summed E-state index contributed by atoms with van der Waals surface area (Å²) in [4.78, 5) is 13.4. The van der Waals surface area contributed by atoms with Gasteiger partial charge in [0.15, 0.2) is 5.69 Å². The molecule has 2 aromatic rings. The Balaban J connectivity index is 2.30. The van der Waals surface area contributed by atoms with Gasteiger partial charge in [0.1, 0.15) is 0 Å². The zero-order valence-electron chi connectivity index (χ0n) is 9.58. The fraction of sp³-hybridized carbons (Fsp3) is 0.167. The molecule has 0 atom stereocenters. The van der Waals surface area contributed by atoms with Crippen LogP contribution in [0, 0.1) is 0 Å². The van der Waals surface area contributed by atoms with E-state index in [1.165, 1.54) is 18.9 Å². The van der Waals surface area contributed by atoms with E-state index in [9.17, 15) is 4.79 Å². The van der Waals surface area contributed by atoms with Crippen LogP contribution in [0.25, 0.3) is 0 Å². The fourth-order valence-electron chi connectivity index (χ4n) is 1.40. The maximum Gasteiger partial charge on any atom is 0.359 e. The minimum absolute atomic E-state index is 0.351. The van der Waals surface area contributed by atoms with Gasteiger partial charge in [-0.15, -0.1) is 0 Å². The van der Waals surface area contributed by atoms with Crippen LogP contribution in [0.1, 0.15) is 10.5 Å². The zero-order valence-corrected chi connectivity index (χ0v) is 10.4. The predicted octanol–water partition coefficient (Wildman–Crippen LogP) is 2.36. The van der Waals surface area contributed by atoms with Gasteiger partial charge in [-0.05, 0) is 12.1 Å². The molecule has 88 valence electrons. The molecular formula is C12H12N2O2S. The second-order valence-corrected chi connectivity index (χ2v) is 4.54. The molecule has 0 radical (unpaired) electrons. The van der Waals surface area contributed by atoms with Crippen molar-refractivity contribution in [1.29, 1.82) is 0 Å². The van der Waals surface area contributed by atoms with Gasteiger partial charge in [0.25, 0.3) is 0 Å². The number of carbonyl (C=O) groups is 1. The standard InChI is InChI=1S/C12H12N2O2S/c1-14-8-10(11(13-14)12(15)16-2)17-9-6-4-3-5-7-9/h3-8H,1-2H3. The Morgan fingerprint density at radius 1 is 1.35 bits per heavy atom. The number of nitrogens with zero attached hydrogens (tertiary/aromatic N) is 2. The van der Waals surface area contributed by atoms with E-state index in [4.69, 9.17) is 4.74 Å². The van der Waals surface area contributed by atoms with E-state index in [1.54, 1.807) is 11.7 Å². The summed E-state index contributed by atoms with van der Waals surface area (Å²) in [6.45, 7) is 0. The van der Waals surface area contributed by atoms with Crippen LogP contribution in [-0.2, 0) is 11.8 Å². The molecule has 0 aliphatic rings. The van der Waals surface area contributed by atoms with Crippen LogP contribution in [0.3, 0.4) is 0 Å². The van der Waals surface area contributed by atoms with Gasteiger partial charge in [0.2, 0.25) is 0 Å². The number of aromatic nitrogens is 2. The average Bonchev–Trinajstić information content (AvgIpc) is 2.70. The summed E-state index contributed by atoms with van der Waals surface area (Å²) >= 11 is 1.49. The van der Waals surface area contributed by atoms with E-state index in [2.05, 4.69) is 5.10 Å². The number of hydrogen-bond donors (Lipinski definition) is 0. The molecule has 1 aromatic heterocycles. The molecule has 0 bridgehead atoms. The van der Waals surface area contributed by atoms with E-state index in [1.807, 2.05) is 36.5 Å². The van der Waals surface area contributed by atoms with Crippen LogP contribution in [0.2, 0.25) is 0 Å². The molecule has 0 aliphatic carbocycles. The Morgan fingerprint density at radius 2 is 2.06 bits per heavy atom. The summed E-state index contributed by atoms with van der Waals surface area (Å²) in [7, 11) is 3.13. The molecule has 0 N–H and O–H groups in total. The van der Waals surface area contributed by atoms with Crippen LogP contribution in [0.4, 0.5) is 0 Å². The molecule has 1 heterocycles. The highest BCUT2D eigenvalue weighted by Gasteiger charge is 2.17. The number of rotatable bonds is 3. The third-order valence-electron chi connectivity index (χ3n) is 2.14. The summed E-state index contributed by atoms with van der Waals surface area (Å²) in [5, 5.41) is 4.10. The van der Waals surface area contributed by atoms with Crippen molar-refractivity contribution in [2.75, 3.05) is 7.11 Å². The summed E-state index contributed by atoms with van der Waals surface area (Å²) in [6, 6.07) is 9.83. The van der Waals surface area contributed by atoms with Gasteiger partial charge in [0.05, 0.1) is 12.0 Å². The third-order valence-corrected chi connectivity index (χ3v) is 3.17. The first kappa shape index (κ1) is 11.7. The number of ether oxygens (including phenoxy) is 1. The quantitative estimate of drug-likeness (QED) is 0.782. The minimum Gasteiger partial charge on any atom is -0.464 e. The van der Waals surface area contributed by atoms with Gasteiger partial charge in [0, 0.05) is 18.1 Å². The first-order valence-electron chi connectivity index (χ1n) is 5.05. The molecule has 0 fully saturated rings. The van der Waals surface area contributed by atoms with Gasteiger partial charge in [-0.1, -0.05) is 30.0 Å². The smallest absolute Gasteiger partial charge is 0.359 e. The Morgan fingerprint density at radius 3 is 2.71 bits per heavy atom. The number of esters is 1. The summed E-state index contributed by atoms with van der Waals surface area (Å²) in [6.07, 6.45) is 1.81. The van der Waals surface area contributed by atoms with Crippen LogP contribution in [0.5, 0.6) is 0 Å². The largest absolute Gasteiger partial charge is 0.464 e. The normalized spacial score (nSPS) is 10.2. The minimum atomic E-state index is -0.413. The van der Waals surface area contributed by atoms with Crippen LogP contribution < -0.4 is 0 Å². The number of aryl methyl sites for hydroxylation is 1. The Kier molecular flexibility index (Phi) is 3.49. The third kappa shape index (κ3) is 2.68. The second-order valence-electron chi connectivity index (χ2n) is 3.42. The SMILES string of the molecule is COC(=O)c1nn(C)cc1Sc1ccccc1. The maximum absolute atomic E-state index is 11.5. The molecule has 2 rings (SSSR count). The van der Waals surface area contributed by atoms with Crippen molar-refractivity contribution < 1.29 is 9.53 Å². The van der Waals surface area contributed by atoms with Crippen LogP contribution in [0.15, 0.2) is 46.3 Å². The molecule has 0 aliphatic heterocycles. The van der Waals surface area contributed by atoms with Crippen molar-refractivity contribution in [3.05, 3.63) is 42.2 Å². The van der Waals surface area contributed by atoms with Crippen molar-refractivity contribution in [2.45, 2.75) is 9.79 Å². The lowest BCUT2D eigenvalue weighted by Crippen LogP contribution is -2.04. The van der Waals surface area contributed by atoms with Gasteiger partial charge in [-0.3, -0.25) is 4.68 Å². The highest BCUT2D eigenvalue weighted by Crippen LogP contribution is 2.29. The summed E-state index contributed by atoms with van der Waals surface area (Å²) in [5.74, 6) is -0.413. The predicted molar refractivity (Wildman–Crippen MR) is 65.1 cm³/mol. The van der Waals surface area contributed by atoms with Gasteiger partial charge < -0.3 is 4.74 Å². The Hall–Kier alpha value is -1.75. The number of benzene rings is 1. The van der Waals surface area contributed by atoms with Crippen molar-refractivity contribution in [2.24, 2.45) is 7.05 Å². The van der Waals surface area contributed by atoms with Gasteiger partial charge in [-0.25, -0.2) is 4.79 Å². The molecule has 1 aromatic carbocycles. The highest BCUT2D eigenvalue weighted by atomic mass is 32.2. The molecule has 0 saturated carbocycles. The van der Waals surface area contributed by atoms with Crippen LogP contribution >= 0.6 is 11.8 Å². The van der Waals surface area contributed by atoms with Crippen molar-refractivity contribution in [1.82, 2.24) is 9.78 Å².